The summed E-state index contributed by atoms with van der Waals surface area (Å²) in [6.07, 6.45) is 4.64. The maximum atomic E-state index is 13.4. The molecule has 0 bridgehead atoms. The fourth-order valence-corrected chi connectivity index (χ4v) is 4.24. The van der Waals surface area contributed by atoms with E-state index in [-0.39, 0.29) is 18.3 Å². The number of halogens is 1. The van der Waals surface area contributed by atoms with Crippen LogP contribution in [0.15, 0.2) is 48.7 Å². The molecule has 0 saturated carbocycles. The van der Waals surface area contributed by atoms with Crippen LogP contribution >= 0.6 is 11.6 Å². The average molecular weight is 431 g/mol. The number of likely N-dealkylation sites (tertiary alicyclic amines) is 1. The van der Waals surface area contributed by atoms with Crippen LogP contribution in [0.25, 0.3) is 0 Å². The fraction of sp³-hybridized carbons (Fsp3) is 0.435. The molecule has 1 amide bonds. The van der Waals surface area contributed by atoms with Crippen molar-refractivity contribution in [1.29, 1.82) is 0 Å². The molecule has 0 radical (unpaired) electrons. The highest BCUT2D eigenvalue weighted by atomic mass is 35.5. The number of esters is 1. The lowest BCUT2D eigenvalue weighted by Gasteiger charge is -2.41. The van der Waals surface area contributed by atoms with Gasteiger partial charge in [0.05, 0.1) is 19.4 Å². The first kappa shape index (κ1) is 22.2. The number of rotatable bonds is 7. The molecule has 30 heavy (non-hydrogen) atoms. The predicted molar refractivity (Wildman–Crippen MR) is 115 cm³/mol. The number of benzene rings is 1. The number of hydrogen-bond donors (Lipinski definition) is 1. The molecule has 3 N–H and O–H groups in total. The van der Waals surface area contributed by atoms with Crippen molar-refractivity contribution in [2.75, 3.05) is 20.2 Å². The molecule has 0 spiro atoms. The molecule has 1 saturated heterocycles. The highest BCUT2D eigenvalue weighted by Crippen LogP contribution is 2.26. The number of piperidine rings is 1. The number of ether oxygens (including phenoxy) is 1. The molecule has 1 aromatic carbocycles. The normalized spacial score (nSPS) is 19.9. The SMILES string of the molecule is COC(=O)C[C@@H](Cc1cccc[nH+]1)C(=O)N1CCC[C@@](N)(Cc2ccc(Cl)cc2)C1. The Morgan fingerprint density at radius 1 is 1.27 bits per heavy atom. The Labute approximate surface area is 182 Å². The van der Waals surface area contributed by atoms with E-state index < -0.39 is 11.5 Å². The number of pyridine rings is 1. The monoisotopic (exact) mass is 430 g/mol. The molecule has 2 atom stereocenters. The minimum Gasteiger partial charge on any atom is -0.469 e. The van der Waals surface area contributed by atoms with E-state index in [9.17, 15) is 9.59 Å². The molecule has 1 aliphatic heterocycles. The van der Waals surface area contributed by atoms with Crippen molar-refractivity contribution in [3.8, 4) is 0 Å². The molecule has 0 unspecified atom stereocenters. The van der Waals surface area contributed by atoms with E-state index in [0.717, 1.165) is 24.1 Å². The summed E-state index contributed by atoms with van der Waals surface area (Å²) in [5.74, 6) is -0.932. The number of methoxy groups -OCH3 is 1. The third kappa shape index (κ3) is 6.03. The van der Waals surface area contributed by atoms with Gasteiger partial charge in [0.25, 0.3) is 0 Å². The summed E-state index contributed by atoms with van der Waals surface area (Å²) < 4.78 is 4.83. The van der Waals surface area contributed by atoms with Gasteiger partial charge in [-0.1, -0.05) is 29.8 Å². The topological polar surface area (TPSA) is 86.8 Å². The number of hydrogen-bond acceptors (Lipinski definition) is 4. The summed E-state index contributed by atoms with van der Waals surface area (Å²) >= 11 is 5.98. The number of aromatic amines is 1. The Bertz CT molecular complexity index is 860. The van der Waals surface area contributed by atoms with Crippen molar-refractivity contribution in [3.63, 3.8) is 0 Å². The van der Waals surface area contributed by atoms with Crippen LogP contribution in [0.5, 0.6) is 0 Å². The number of H-pyrrole nitrogens is 1. The minimum atomic E-state index is -0.504. The van der Waals surface area contributed by atoms with Crippen molar-refractivity contribution in [1.82, 2.24) is 4.90 Å². The molecule has 1 aliphatic rings. The molecule has 1 aromatic heterocycles. The number of aromatic nitrogens is 1. The van der Waals surface area contributed by atoms with Gasteiger partial charge in [-0.25, -0.2) is 4.98 Å². The lowest BCUT2D eigenvalue weighted by Crippen LogP contribution is -2.58. The van der Waals surface area contributed by atoms with E-state index in [1.54, 1.807) is 0 Å². The summed E-state index contributed by atoms with van der Waals surface area (Å²) in [5.41, 5.74) is 8.21. The summed E-state index contributed by atoms with van der Waals surface area (Å²) in [5, 5.41) is 0.689. The third-order valence-electron chi connectivity index (χ3n) is 5.62. The number of carbonyl (C=O) groups is 2. The number of nitrogens with zero attached hydrogens (tertiary/aromatic N) is 1. The van der Waals surface area contributed by atoms with Gasteiger partial charge in [-0.05, 0) is 37.0 Å². The van der Waals surface area contributed by atoms with Crippen LogP contribution in [0, 0.1) is 5.92 Å². The first-order chi connectivity index (χ1) is 14.4. The molecular weight excluding hydrogens is 402 g/mol. The smallest absolute Gasteiger partial charge is 0.306 e. The lowest BCUT2D eigenvalue weighted by molar-refractivity contribution is -0.390. The molecular formula is C23H29ClN3O3+. The average Bonchev–Trinajstić information content (AvgIpc) is 2.75. The third-order valence-corrected chi connectivity index (χ3v) is 5.87. The number of nitrogens with one attached hydrogen (secondary N) is 1. The van der Waals surface area contributed by atoms with Gasteiger partial charge in [0, 0.05) is 42.2 Å². The van der Waals surface area contributed by atoms with Crippen molar-refractivity contribution in [3.05, 3.63) is 64.9 Å². The van der Waals surface area contributed by atoms with Crippen molar-refractivity contribution in [2.45, 2.75) is 37.6 Å². The highest BCUT2D eigenvalue weighted by Gasteiger charge is 2.37. The Morgan fingerprint density at radius 3 is 2.70 bits per heavy atom. The Hall–Kier alpha value is -2.44. The molecule has 2 aromatic rings. The molecule has 2 heterocycles. The standard InChI is InChI=1S/C23H28ClN3O3/c1-30-21(28)14-18(13-20-5-2-3-11-26-20)22(29)27-12-4-10-23(25,16-27)15-17-6-8-19(24)9-7-17/h2-3,5-9,11,18H,4,10,12-16,25H2,1H3/p+1/t18-,23-/m1/s1. The second-order valence-corrected chi connectivity index (χ2v) is 8.53. The molecule has 3 rings (SSSR count). The van der Waals surface area contributed by atoms with Gasteiger partial charge in [-0.2, -0.15) is 0 Å². The molecule has 1 fully saturated rings. The molecule has 160 valence electrons. The van der Waals surface area contributed by atoms with Crippen LogP contribution in [0.4, 0.5) is 0 Å². The number of nitrogens with two attached hydrogens (primary N) is 1. The van der Waals surface area contributed by atoms with Gasteiger partial charge in [-0.15, -0.1) is 0 Å². The Balaban J connectivity index is 1.72. The molecule has 0 aliphatic carbocycles. The van der Waals surface area contributed by atoms with E-state index in [0.29, 0.717) is 31.0 Å². The first-order valence-electron chi connectivity index (χ1n) is 10.2. The summed E-state index contributed by atoms with van der Waals surface area (Å²) in [6.45, 7) is 1.11. The van der Waals surface area contributed by atoms with Gasteiger partial charge in [0.15, 0.2) is 11.9 Å². The van der Waals surface area contributed by atoms with Gasteiger partial charge in [0.2, 0.25) is 5.91 Å². The van der Waals surface area contributed by atoms with Crippen LogP contribution in [-0.2, 0) is 27.2 Å². The van der Waals surface area contributed by atoms with E-state index in [1.807, 2.05) is 53.6 Å². The van der Waals surface area contributed by atoms with Crippen LogP contribution in [0.1, 0.15) is 30.5 Å². The first-order valence-corrected chi connectivity index (χ1v) is 10.6. The number of carbonyl (C=O) groups excluding carboxylic acids is 2. The zero-order chi connectivity index (χ0) is 21.6. The predicted octanol–water partition coefficient (Wildman–Crippen LogP) is 2.44. The van der Waals surface area contributed by atoms with E-state index in [1.165, 1.54) is 7.11 Å². The number of amides is 1. The summed E-state index contributed by atoms with van der Waals surface area (Å²) in [4.78, 5) is 30.3. The maximum Gasteiger partial charge on any atom is 0.306 e. The second-order valence-electron chi connectivity index (χ2n) is 8.10. The second kappa shape index (κ2) is 10.0. The zero-order valence-corrected chi connectivity index (χ0v) is 18.0. The quantitative estimate of drug-likeness (QED) is 0.683. The zero-order valence-electron chi connectivity index (χ0n) is 17.3. The van der Waals surface area contributed by atoms with Crippen LogP contribution < -0.4 is 10.7 Å². The Morgan fingerprint density at radius 2 is 2.03 bits per heavy atom. The van der Waals surface area contributed by atoms with Crippen LogP contribution in [-0.4, -0.2) is 42.5 Å². The summed E-state index contributed by atoms with van der Waals surface area (Å²) in [7, 11) is 1.34. The summed E-state index contributed by atoms with van der Waals surface area (Å²) in [6, 6.07) is 13.4. The van der Waals surface area contributed by atoms with Crippen LogP contribution in [0.3, 0.4) is 0 Å². The maximum absolute atomic E-state index is 13.4. The van der Waals surface area contributed by atoms with E-state index in [4.69, 9.17) is 22.1 Å². The van der Waals surface area contributed by atoms with Crippen LogP contribution in [0.2, 0.25) is 5.02 Å². The minimum absolute atomic E-state index is 0.0450. The molecule has 7 heteroatoms. The van der Waals surface area contributed by atoms with Gasteiger partial charge < -0.3 is 15.4 Å². The van der Waals surface area contributed by atoms with Gasteiger partial charge in [-0.3, -0.25) is 9.59 Å². The van der Waals surface area contributed by atoms with E-state index >= 15 is 0 Å². The fourth-order valence-electron chi connectivity index (χ4n) is 4.11. The van der Waals surface area contributed by atoms with Gasteiger partial charge in [0.1, 0.15) is 0 Å². The van der Waals surface area contributed by atoms with Crippen molar-refractivity contribution in [2.24, 2.45) is 11.7 Å². The Kier molecular flexibility index (Phi) is 7.45. The highest BCUT2D eigenvalue weighted by molar-refractivity contribution is 6.30. The van der Waals surface area contributed by atoms with E-state index in [2.05, 4.69) is 4.98 Å². The lowest BCUT2D eigenvalue weighted by atomic mass is 9.83. The van der Waals surface area contributed by atoms with Crippen molar-refractivity contribution >= 4 is 23.5 Å². The largest absolute Gasteiger partial charge is 0.469 e. The van der Waals surface area contributed by atoms with Crippen molar-refractivity contribution < 1.29 is 19.3 Å². The van der Waals surface area contributed by atoms with Gasteiger partial charge >= 0.3 is 5.97 Å². The molecule has 6 nitrogen and oxygen atoms in total.